The maximum absolute atomic E-state index is 5.68. The lowest BCUT2D eigenvalue weighted by Gasteiger charge is -2.41. The largest absolute Gasteiger partial charge is 0.374 e. The Hall–Kier alpha value is -0.120. The van der Waals surface area contributed by atoms with Crippen LogP contribution in [0, 0.1) is 5.92 Å². The molecule has 0 saturated carbocycles. The maximum atomic E-state index is 5.68. The van der Waals surface area contributed by atoms with E-state index in [9.17, 15) is 0 Å². The van der Waals surface area contributed by atoms with E-state index >= 15 is 0 Å². The highest BCUT2D eigenvalue weighted by atomic mass is 16.5. The summed E-state index contributed by atoms with van der Waals surface area (Å²) >= 11 is 0. The van der Waals surface area contributed by atoms with Crippen molar-refractivity contribution in [3.05, 3.63) is 0 Å². The highest BCUT2D eigenvalue weighted by Crippen LogP contribution is 2.20. The summed E-state index contributed by atoms with van der Waals surface area (Å²) in [4.78, 5) is 2.53. The molecule has 1 N–H and O–H groups in total. The summed E-state index contributed by atoms with van der Waals surface area (Å²) in [7, 11) is 0. The van der Waals surface area contributed by atoms with Crippen LogP contribution in [0.25, 0.3) is 0 Å². The lowest BCUT2D eigenvalue weighted by Crippen LogP contribution is -2.53. The van der Waals surface area contributed by atoms with Crippen LogP contribution < -0.4 is 5.32 Å². The first-order chi connectivity index (χ1) is 6.88. The first kappa shape index (κ1) is 10.4. The minimum absolute atomic E-state index is 0.436. The molecule has 3 heteroatoms. The van der Waals surface area contributed by atoms with Crippen LogP contribution in [0.5, 0.6) is 0 Å². The second-order valence-electron chi connectivity index (χ2n) is 4.57. The monoisotopic (exact) mass is 198 g/mol. The van der Waals surface area contributed by atoms with Crippen LogP contribution >= 0.6 is 0 Å². The molecule has 0 aromatic heterocycles. The van der Waals surface area contributed by atoms with Crippen molar-refractivity contribution in [3.8, 4) is 0 Å². The van der Waals surface area contributed by atoms with Crippen molar-refractivity contribution in [1.82, 2.24) is 10.2 Å². The Balaban J connectivity index is 1.58. The van der Waals surface area contributed by atoms with E-state index in [-0.39, 0.29) is 0 Å². The van der Waals surface area contributed by atoms with Crippen molar-refractivity contribution in [3.63, 3.8) is 0 Å². The molecule has 1 unspecified atom stereocenters. The molecule has 0 spiro atoms. The van der Waals surface area contributed by atoms with Gasteiger partial charge in [0.25, 0.3) is 0 Å². The first-order valence-corrected chi connectivity index (χ1v) is 5.93. The molecule has 2 saturated heterocycles. The molecule has 3 nitrogen and oxygen atoms in total. The molecule has 0 radical (unpaired) electrons. The predicted molar refractivity (Wildman–Crippen MR) is 57.4 cm³/mol. The van der Waals surface area contributed by atoms with Crippen molar-refractivity contribution >= 4 is 0 Å². The van der Waals surface area contributed by atoms with E-state index < -0.39 is 0 Å². The summed E-state index contributed by atoms with van der Waals surface area (Å²) in [5.41, 5.74) is 0. The van der Waals surface area contributed by atoms with Gasteiger partial charge in [-0.25, -0.2) is 0 Å². The topological polar surface area (TPSA) is 24.5 Å². The molecule has 0 aromatic rings. The van der Waals surface area contributed by atoms with E-state index in [4.69, 9.17) is 4.74 Å². The van der Waals surface area contributed by atoms with Gasteiger partial charge in [-0.3, -0.25) is 0 Å². The molecule has 2 rings (SSSR count). The van der Waals surface area contributed by atoms with Gasteiger partial charge in [0.05, 0.1) is 12.7 Å². The zero-order valence-corrected chi connectivity index (χ0v) is 9.17. The van der Waals surface area contributed by atoms with Gasteiger partial charge in [0.15, 0.2) is 0 Å². The smallest absolute Gasteiger partial charge is 0.0826 e. The number of ether oxygens (including phenoxy) is 1. The fourth-order valence-corrected chi connectivity index (χ4v) is 2.44. The third-order valence-corrected chi connectivity index (χ3v) is 3.20. The summed E-state index contributed by atoms with van der Waals surface area (Å²) in [6, 6.07) is 0. The van der Waals surface area contributed by atoms with Gasteiger partial charge in [0.2, 0.25) is 0 Å². The zero-order chi connectivity index (χ0) is 9.80. The third-order valence-electron chi connectivity index (χ3n) is 3.20. The van der Waals surface area contributed by atoms with Crippen LogP contribution in [0.3, 0.4) is 0 Å². The Bertz CT molecular complexity index is 163. The van der Waals surface area contributed by atoms with E-state index in [1.807, 2.05) is 0 Å². The molecule has 0 amide bonds. The summed E-state index contributed by atoms with van der Waals surface area (Å²) in [6.07, 6.45) is 3.17. The summed E-state index contributed by atoms with van der Waals surface area (Å²) in [5.74, 6) is 0.969. The van der Waals surface area contributed by atoms with Crippen molar-refractivity contribution in [2.45, 2.75) is 25.9 Å². The fraction of sp³-hybridized carbons (Fsp3) is 1.00. The van der Waals surface area contributed by atoms with E-state index in [1.165, 1.54) is 25.9 Å². The molecule has 0 aliphatic carbocycles. The van der Waals surface area contributed by atoms with Crippen molar-refractivity contribution < 1.29 is 4.74 Å². The molecule has 2 aliphatic rings. The second-order valence-corrected chi connectivity index (χ2v) is 4.57. The van der Waals surface area contributed by atoms with Gasteiger partial charge in [-0.1, -0.05) is 13.3 Å². The zero-order valence-electron chi connectivity index (χ0n) is 9.17. The van der Waals surface area contributed by atoms with E-state index in [0.29, 0.717) is 6.10 Å². The minimum atomic E-state index is 0.436. The molecular weight excluding hydrogens is 176 g/mol. The average Bonchev–Trinajstić information content (AvgIpc) is 2.16. The van der Waals surface area contributed by atoms with Crippen molar-refractivity contribution in [2.75, 3.05) is 39.3 Å². The van der Waals surface area contributed by atoms with Gasteiger partial charge < -0.3 is 15.0 Å². The van der Waals surface area contributed by atoms with Gasteiger partial charge >= 0.3 is 0 Å². The normalized spacial score (nSPS) is 30.2. The van der Waals surface area contributed by atoms with Gasteiger partial charge in [-0.15, -0.1) is 0 Å². The highest BCUT2D eigenvalue weighted by Gasteiger charge is 2.28. The average molecular weight is 198 g/mol. The van der Waals surface area contributed by atoms with Crippen molar-refractivity contribution in [1.29, 1.82) is 0 Å². The number of nitrogens with zero attached hydrogens (tertiary/aromatic N) is 1. The molecule has 2 fully saturated rings. The standard InChI is InChI=1S/C11H22N2O/c1-2-3-10-7-13(8-10)9-11-6-12-4-5-14-11/h10-12H,2-9H2,1H3. The van der Waals surface area contributed by atoms with Crippen LogP contribution in [0.15, 0.2) is 0 Å². The number of nitrogens with one attached hydrogen (secondary N) is 1. The molecule has 2 aliphatic heterocycles. The van der Waals surface area contributed by atoms with Crippen LogP contribution in [0.4, 0.5) is 0 Å². The van der Waals surface area contributed by atoms with Gasteiger partial charge in [-0.2, -0.15) is 0 Å². The Morgan fingerprint density at radius 1 is 1.43 bits per heavy atom. The van der Waals surface area contributed by atoms with Crippen LogP contribution in [-0.2, 0) is 4.74 Å². The molecule has 1 atom stereocenters. The minimum Gasteiger partial charge on any atom is -0.374 e. The molecule has 0 bridgehead atoms. The number of hydrogen-bond acceptors (Lipinski definition) is 3. The van der Waals surface area contributed by atoms with Crippen molar-refractivity contribution in [2.24, 2.45) is 5.92 Å². The second kappa shape index (κ2) is 5.10. The quantitative estimate of drug-likeness (QED) is 0.720. The number of morpholine rings is 1. The third kappa shape index (κ3) is 2.69. The molecule has 2 heterocycles. The fourth-order valence-electron chi connectivity index (χ4n) is 2.44. The Morgan fingerprint density at radius 2 is 2.29 bits per heavy atom. The lowest BCUT2D eigenvalue weighted by atomic mass is 9.95. The predicted octanol–water partition coefficient (Wildman–Crippen LogP) is 0.707. The summed E-state index contributed by atoms with van der Waals surface area (Å²) < 4.78 is 5.68. The SMILES string of the molecule is CCCC1CN(CC2CNCCO2)C1. The Kier molecular flexibility index (Phi) is 3.79. The van der Waals surface area contributed by atoms with Gasteiger partial charge in [-0.05, 0) is 12.3 Å². The molecule has 14 heavy (non-hydrogen) atoms. The Morgan fingerprint density at radius 3 is 2.93 bits per heavy atom. The van der Waals surface area contributed by atoms with Crippen LogP contribution in [0.2, 0.25) is 0 Å². The maximum Gasteiger partial charge on any atom is 0.0826 e. The van der Waals surface area contributed by atoms with Gasteiger partial charge in [0.1, 0.15) is 0 Å². The highest BCUT2D eigenvalue weighted by molar-refractivity contribution is 4.82. The van der Waals surface area contributed by atoms with E-state index in [1.54, 1.807) is 0 Å². The van der Waals surface area contributed by atoms with Crippen LogP contribution in [0.1, 0.15) is 19.8 Å². The number of hydrogen-bond donors (Lipinski definition) is 1. The van der Waals surface area contributed by atoms with E-state index in [2.05, 4.69) is 17.1 Å². The first-order valence-electron chi connectivity index (χ1n) is 5.93. The van der Waals surface area contributed by atoms with Gasteiger partial charge in [0, 0.05) is 32.7 Å². The van der Waals surface area contributed by atoms with Crippen LogP contribution in [-0.4, -0.2) is 50.3 Å². The molecule has 0 aromatic carbocycles. The lowest BCUT2D eigenvalue weighted by molar-refractivity contribution is -0.0219. The Labute approximate surface area is 86.8 Å². The number of rotatable bonds is 4. The summed E-state index contributed by atoms with van der Waals surface area (Å²) in [5, 5.41) is 3.37. The molecule has 82 valence electrons. The summed E-state index contributed by atoms with van der Waals surface area (Å²) in [6.45, 7) is 8.95. The molecular formula is C11H22N2O. The number of likely N-dealkylation sites (tertiary alicyclic amines) is 1. The van der Waals surface area contributed by atoms with E-state index in [0.717, 1.165) is 32.2 Å².